The number of allylic oxidation sites excluding steroid dienone is 2. The molecule has 5 aliphatic rings. The fourth-order valence-corrected chi connectivity index (χ4v) is 11.0. The molecule has 0 unspecified atom stereocenters. The normalized spacial score (nSPS) is 57.7. The van der Waals surface area contributed by atoms with Gasteiger partial charge in [0.2, 0.25) is 0 Å². The molecular formula is C30H48O5. The van der Waals surface area contributed by atoms with Gasteiger partial charge in [0.05, 0.1) is 24.2 Å². The number of hydrogen-bond donors (Lipinski definition) is 4. The second-order valence-corrected chi connectivity index (χ2v) is 14.5. The average Bonchev–Trinajstić information content (AvgIpc) is 2.80. The maximum Gasteiger partial charge on any atom is 0.310 e. The van der Waals surface area contributed by atoms with Gasteiger partial charge in [-0.05, 0) is 97.2 Å². The van der Waals surface area contributed by atoms with Crippen molar-refractivity contribution in [3.8, 4) is 0 Å². The molecule has 0 aromatic heterocycles. The van der Waals surface area contributed by atoms with Crippen LogP contribution in [0, 0.1) is 56.7 Å². The van der Waals surface area contributed by atoms with Gasteiger partial charge in [0, 0.05) is 5.41 Å². The zero-order chi connectivity index (χ0) is 25.8. The van der Waals surface area contributed by atoms with Gasteiger partial charge in [0.1, 0.15) is 0 Å². The van der Waals surface area contributed by atoms with Crippen molar-refractivity contribution in [3.05, 3.63) is 11.6 Å². The molecule has 0 aromatic rings. The van der Waals surface area contributed by atoms with Gasteiger partial charge in [-0.3, -0.25) is 4.79 Å². The Bertz CT molecular complexity index is 930. The fraction of sp³-hybridized carbons (Fsp3) is 0.900. The number of hydrogen-bond acceptors (Lipinski definition) is 4. The fourth-order valence-electron chi connectivity index (χ4n) is 11.0. The van der Waals surface area contributed by atoms with Crippen LogP contribution in [0.2, 0.25) is 0 Å². The quantitative estimate of drug-likeness (QED) is 0.409. The van der Waals surface area contributed by atoms with Crippen LogP contribution in [0.3, 0.4) is 0 Å². The Morgan fingerprint density at radius 1 is 1.00 bits per heavy atom. The zero-order valence-electron chi connectivity index (χ0n) is 22.7. The third-order valence-corrected chi connectivity index (χ3v) is 13.5. The highest BCUT2D eigenvalue weighted by Gasteiger charge is 2.70. The van der Waals surface area contributed by atoms with Gasteiger partial charge in [-0.2, -0.15) is 0 Å². The summed E-state index contributed by atoms with van der Waals surface area (Å²) < 4.78 is 0. The first kappa shape index (κ1) is 25.7. The molecule has 12 atom stereocenters. The van der Waals surface area contributed by atoms with Crippen LogP contribution in [0.25, 0.3) is 0 Å². The third-order valence-electron chi connectivity index (χ3n) is 13.5. The molecule has 5 heteroatoms. The predicted octanol–water partition coefficient (Wildman–Crippen LogP) is 5.03. The first-order valence-corrected chi connectivity index (χ1v) is 14.1. The predicted molar refractivity (Wildman–Crippen MR) is 135 cm³/mol. The van der Waals surface area contributed by atoms with E-state index < -0.39 is 29.0 Å². The van der Waals surface area contributed by atoms with Crippen LogP contribution in [0.15, 0.2) is 11.6 Å². The lowest BCUT2D eigenvalue weighted by atomic mass is 9.33. The van der Waals surface area contributed by atoms with Gasteiger partial charge in [0.15, 0.2) is 0 Å². The lowest BCUT2D eigenvalue weighted by Crippen LogP contribution is -2.68. The van der Waals surface area contributed by atoms with Crippen LogP contribution < -0.4 is 0 Å². The topological polar surface area (TPSA) is 98.0 Å². The van der Waals surface area contributed by atoms with Crippen LogP contribution in [0.1, 0.15) is 92.9 Å². The third kappa shape index (κ3) is 2.95. The van der Waals surface area contributed by atoms with Crippen LogP contribution in [-0.4, -0.2) is 45.2 Å². The monoisotopic (exact) mass is 488 g/mol. The SMILES string of the molecule is C[C@H]1[C@H](C)CC[C@]2(C(=O)O)CC[C@]3(C)C(=CC[C@@H]4[C@]5(C)C[C@H](O)[C@H](O)[C@](C)(CO)[C@@H]5CC[C@@]43C)[C@H]12. The standard InChI is InChI=1S/C30H48O5/c1-17-9-12-30(25(34)35)14-13-28(5)19(23(30)18(17)2)7-8-22-26(3)15-20(32)24(33)27(4,16-31)21(26)10-11-29(22,28)6/h7,17-18,20-24,31-33H,8-16H2,1-6H3,(H,34,35)/t17-,18+,20+,21-,22-,23+,24+,26-,27-,28-,29+,30+/m1/s1. The largest absolute Gasteiger partial charge is 0.481 e. The Kier molecular flexibility index (Phi) is 5.73. The molecule has 35 heavy (non-hydrogen) atoms. The Morgan fingerprint density at radius 2 is 1.69 bits per heavy atom. The van der Waals surface area contributed by atoms with Gasteiger partial charge in [-0.15, -0.1) is 0 Å². The molecule has 0 aromatic carbocycles. The smallest absolute Gasteiger partial charge is 0.310 e. The van der Waals surface area contributed by atoms with Crippen molar-refractivity contribution in [2.45, 2.75) is 105 Å². The highest BCUT2D eigenvalue weighted by Crippen LogP contribution is 2.75. The van der Waals surface area contributed by atoms with E-state index in [1.807, 2.05) is 6.92 Å². The molecular weight excluding hydrogens is 440 g/mol. The summed E-state index contributed by atoms with van der Waals surface area (Å²) in [4.78, 5) is 12.8. The molecule has 0 spiro atoms. The second-order valence-electron chi connectivity index (χ2n) is 14.5. The molecule has 4 saturated carbocycles. The Labute approximate surface area is 211 Å². The van der Waals surface area contributed by atoms with Crippen LogP contribution in [0.4, 0.5) is 0 Å². The molecule has 0 aliphatic heterocycles. The van der Waals surface area contributed by atoms with E-state index in [-0.39, 0.29) is 34.7 Å². The van der Waals surface area contributed by atoms with E-state index in [0.29, 0.717) is 24.2 Å². The number of carbonyl (C=O) groups is 1. The number of carboxylic acid groups (broad SMARTS) is 1. The van der Waals surface area contributed by atoms with Gasteiger partial charge < -0.3 is 20.4 Å². The molecule has 4 fully saturated rings. The van der Waals surface area contributed by atoms with Crippen molar-refractivity contribution in [3.63, 3.8) is 0 Å². The molecule has 5 rings (SSSR count). The first-order chi connectivity index (χ1) is 16.2. The van der Waals surface area contributed by atoms with E-state index in [1.54, 1.807) is 0 Å². The number of carboxylic acids is 1. The summed E-state index contributed by atoms with van der Waals surface area (Å²) in [6.07, 6.45) is 7.51. The van der Waals surface area contributed by atoms with E-state index in [2.05, 4.69) is 40.7 Å². The van der Waals surface area contributed by atoms with Crippen molar-refractivity contribution in [2.75, 3.05) is 6.61 Å². The van der Waals surface area contributed by atoms with Crippen molar-refractivity contribution < 1.29 is 25.2 Å². The summed E-state index contributed by atoms with van der Waals surface area (Å²) in [5.74, 6) is 0.828. The number of rotatable bonds is 2. The summed E-state index contributed by atoms with van der Waals surface area (Å²) >= 11 is 0. The summed E-state index contributed by atoms with van der Waals surface area (Å²) in [7, 11) is 0. The van der Waals surface area contributed by atoms with E-state index in [1.165, 1.54) is 5.57 Å². The van der Waals surface area contributed by atoms with Crippen LogP contribution in [0.5, 0.6) is 0 Å². The Hall–Kier alpha value is -0.910. The van der Waals surface area contributed by atoms with Crippen LogP contribution >= 0.6 is 0 Å². The molecule has 0 bridgehead atoms. The maximum atomic E-state index is 12.8. The maximum absolute atomic E-state index is 12.8. The van der Waals surface area contributed by atoms with Crippen LogP contribution in [-0.2, 0) is 4.79 Å². The van der Waals surface area contributed by atoms with Crippen molar-refractivity contribution in [1.29, 1.82) is 0 Å². The summed E-state index contributed by atoms with van der Waals surface area (Å²) in [5, 5.41) is 42.9. The minimum Gasteiger partial charge on any atom is -0.481 e. The minimum atomic E-state index is -0.907. The minimum absolute atomic E-state index is 0.00815. The number of aliphatic hydroxyl groups excluding tert-OH is 3. The Balaban J connectivity index is 1.62. The average molecular weight is 489 g/mol. The van der Waals surface area contributed by atoms with E-state index in [9.17, 15) is 25.2 Å². The molecule has 0 amide bonds. The molecule has 5 aliphatic carbocycles. The van der Waals surface area contributed by atoms with Gasteiger partial charge in [-0.1, -0.05) is 53.2 Å². The molecule has 198 valence electrons. The van der Waals surface area contributed by atoms with E-state index >= 15 is 0 Å². The van der Waals surface area contributed by atoms with Gasteiger partial charge in [-0.25, -0.2) is 0 Å². The molecule has 0 heterocycles. The number of aliphatic carboxylic acids is 1. The number of aliphatic hydroxyl groups is 3. The van der Waals surface area contributed by atoms with Crippen molar-refractivity contribution in [1.82, 2.24) is 0 Å². The lowest BCUT2D eigenvalue weighted by Gasteiger charge is -2.71. The lowest BCUT2D eigenvalue weighted by molar-refractivity contribution is -0.244. The molecule has 5 nitrogen and oxygen atoms in total. The van der Waals surface area contributed by atoms with Crippen molar-refractivity contribution >= 4 is 5.97 Å². The highest BCUT2D eigenvalue weighted by molar-refractivity contribution is 5.76. The molecule has 0 radical (unpaired) electrons. The van der Waals surface area contributed by atoms with Gasteiger partial charge in [0.25, 0.3) is 0 Å². The van der Waals surface area contributed by atoms with Gasteiger partial charge >= 0.3 is 5.97 Å². The summed E-state index contributed by atoms with van der Waals surface area (Å²) in [6, 6.07) is 0. The number of fused-ring (bicyclic) bond motifs is 7. The first-order valence-electron chi connectivity index (χ1n) is 14.1. The van der Waals surface area contributed by atoms with Crippen molar-refractivity contribution in [2.24, 2.45) is 56.7 Å². The highest BCUT2D eigenvalue weighted by atomic mass is 16.4. The van der Waals surface area contributed by atoms with E-state index in [0.717, 1.165) is 44.9 Å². The second kappa shape index (κ2) is 7.80. The van der Waals surface area contributed by atoms with E-state index in [4.69, 9.17) is 0 Å². The Morgan fingerprint density at radius 3 is 2.31 bits per heavy atom. The summed E-state index contributed by atoms with van der Waals surface area (Å²) in [6.45, 7) is 13.6. The summed E-state index contributed by atoms with van der Waals surface area (Å²) in [5.41, 5.74) is -0.214. The molecule has 0 saturated heterocycles. The molecule has 4 N–H and O–H groups in total. The zero-order valence-corrected chi connectivity index (χ0v) is 22.7.